The Hall–Kier alpha value is -0.700. The molecule has 1 aromatic rings. The molecule has 1 aromatic carbocycles. The number of nitrogens with two attached hydrogens (primary N) is 1. The van der Waals surface area contributed by atoms with Gasteiger partial charge in [-0.3, -0.25) is 0 Å². The maximum atomic E-state index is 5.80. The van der Waals surface area contributed by atoms with E-state index in [0.717, 1.165) is 22.4 Å². The summed E-state index contributed by atoms with van der Waals surface area (Å²) in [4.78, 5) is 2.11. The lowest BCUT2D eigenvalue weighted by Gasteiger charge is -2.18. The second kappa shape index (κ2) is 6.71. The molecule has 0 saturated heterocycles. The van der Waals surface area contributed by atoms with Gasteiger partial charge in [0, 0.05) is 18.1 Å². The first-order valence-corrected chi connectivity index (χ1v) is 5.70. The average Bonchev–Trinajstić information content (AvgIpc) is 2.23. The molecule has 0 aliphatic rings. The lowest BCUT2D eigenvalue weighted by molar-refractivity contribution is 0.969. The minimum Gasteiger partial charge on any atom is -0.397 e. The molecule has 0 saturated carbocycles. The summed E-state index contributed by atoms with van der Waals surface area (Å²) in [7, 11) is 2.03. The van der Waals surface area contributed by atoms with Crippen LogP contribution >= 0.6 is 15.9 Å². The van der Waals surface area contributed by atoms with Gasteiger partial charge in [-0.1, -0.05) is 29.8 Å². The quantitative estimate of drug-likeness (QED) is 0.823. The van der Waals surface area contributed by atoms with E-state index in [1.165, 1.54) is 0 Å². The predicted octanol–water partition coefficient (Wildman–Crippen LogP) is 3.51. The van der Waals surface area contributed by atoms with Gasteiger partial charge in [0.15, 0.2) is 0 Å². The van der Waals surface area contributed by atoms with Crippen molar-refractivity contribution in [2.24, 2.45) is 0 Å². The zero-order valence-electron chi connectivity index (χ0n) is 9.34. The first-order valence-electron chi connectivity index (χ1n) is 4.91. The lowest BCUT2D eigenvalue weighted by atomic mass is 10.2. The van der Waals surface area contributed by atoms with Crippen LogP contribution in [0.1, 0.15) is 20.8 Å². The molecule has 0 aromatic heterocycles. The highest BCUT2D eigenvalue weighted by Crippen LogP contribution is 2.25. The summed E-state index contributed by atoms with van der Waals surface area (Å²) in [5.74, 6) is 0. The van der Waals surface area contributed by atoms with Crippen molar-refractivity contribution >= 4 is 27.3 Å². The Morgan fingerprint density at radius 1 is 1.36 bits per heavy atom. The number of anilines is 2. The first-order chi connectivity index (χ1) is 6.65. The second-order valence-electron chi connectivity index (χ2n) is 2.72. The van der Waals surface area contributed by atoms with Gasteiger partial charge in [-0.15, -0.1) is 0 Å². The van der Waals surface area contributed by atoms with Gasteiger partial charge in [0.1, 0.15) is 0 Å². The molecule has 0 fully saturated rings. The molecule has 2 nitrogen and oxygen atoms in total. The predicted molar refractivity (Wildman–Crippen MR) is 68.8 cm³/mol. The van der Waals surface area contributed by atoms with Crippen LogP contribution in [-0.4, -0.2) is 13.6 Å². The third kappa shape index (κ3) is 3.58. The van der Waals surface area contributed by atoms with Crippen LogP contribution in [0.4, 0.5) is 11.4 Å². The number of benzene rings is 1. The number of nitrogens with zero attached hydrogens (tertiary/aromatic N) is 1. The largest absolute Gasteiger partial charge is 0.397 e. The van der Waals surface area contributed by atoms with E-state index in [1.807, 2.05) is 39.1 Å². The number of hydrogen-bond donors (Lipinski definition) is 1. The molecule has 3 heteroatoms. The van der Waals surface area contributed by atoms with Crippen LogP contribution < -0.4 is 10.6 Å². The summed E-state index contributed by atoms with van der Waals surface area (Å²) >= 11 is 3.41. The van der Waals surface area contributed by atoms with E-state index in [0.29, 0.717) is 0 Å². The lowest BCUT2D eigenvalue weighted by Crippen LogP contribution is -2.17. The fourth-order valence-corrected chi connectivity index (χ4v) is 1.37. The molecule has 0 aliphatic carbocycles. The van der Waals surface area contributed by atoms with Crippen molar-refractivity contribution in [2.75, 3.05) is 24.2 Å². The van der Waals surface area contributed by atoms with E-state index in [2.05, 4.69) is 27.8 Å². The van der Waals surface area contributed by atoms with Gasteiger partial charge in [-0.2, -0.15) is 0 Å². The second-order valence-corrected chi connectivity index (χ2v) is 3.63. The van der Waals surface area contributed by atoms with E-state index < -0.39 is 0 Å². The van der Waals surface area contributed by atoms with Crippen molar-refractivity contribution in [1.82, 2.24) is 0 Å². The highest BCUT2D eigenvalue weighted by molar-refractivity contribution is 9.10. The van der Waals surface area contributed by atoms with Crippen molar-refractivity contribution in [3.05, 3.63) is 22.7 Å². The Morgan fingerprint density at radius 3 is 2.43 bits per heavy atom. The van der Waals surface area contributed by atoms with Gasteiger partial charge in [-0.05, 0) is 25.1 Å². The Bertz CT molecular complexity index is 274. The van der Waals surface area contributed by atoms with E-state index >= 15 is 0 Å². The zero-order valence-corrected chi connectivity index (χ0v) is 10.9. The third-order valence-corrected chi connectivity index (χ3v) is 2.37. The van der Waals surface area contributed by atoms with Gasteiger partial charge < -0.3 is 10.6 Å². The van der Waals surface area contributed by atoms with E-state index in [9.17, 15) is 0 Å². The topological polar surface area (TPSA) is 29.3 Å². The Balaban J connectivity index is 0.000000791. The standard InChI is InChI=1S/C9H13BrN2.C2H6/c1-3-12(2)9-6-7(10)4-5-8(9)11;1-2/h4-6H,3,11H2,1-2H3;1-2H3. The molecule has 14 heavy (non-hydrogen) atoms. The monoisotopic (exact) mass is 258 g/mol. The van der Waals surface area contributed by atoms with Crippen molar-refractivity contribution in [2.45, 2.75) is 20.8 Å². The van der Waals surface area contributed by atoms with E-state index in [-0.39, 0.29) is 0 Å². The van der Waals surface area contributed by atoms with Crippen LogP contribution in [0.5, 0.6) is 0 Å². The van der Waals surface area contributed by atoms with E-state index in [4.69, 9.17) is 5.73 Å². The SMILES string of the molecule is CC.CCN(C)c1cc(Br)ccc1N. The third-order valence-electron chi connectivity index (χ3n) is 1.88. The fourth-order valence-electron chi connectivity index (χ4n) is 1.02. The number of nitrogen functional groups attached to an aromatic ring is 1. The maximum Gasteiger partial charge on any atom is 0.0608 e. The fraction of sp³-hybridized carbons (Fsp3) is 0.455. The molecule has 80 valence electrons. The Labute approximate surface area is 95.2 Å². The van der Waals surface area contributed by atoms with Crippen molar-refractivity contribution < 1.29 is 0 Å². The minimum absolute atomic E-state index is 0.822. The van der Waals surface area contributed by atoms with Crippen molar-refractivity contribution in [3.8, 4) is 0 Å². The minimum atomic E-state index is 0.822. The highest BCUT2D eigenvalue weighted by Gasteiger charge is 2.02. The summed E-state index contributed by atoms with van der Waals surface area (Å²) < 4.78 is 1.06. The number of halogens is 1. The Morgan fingerprint density at radius 2 is 1.93 bits per heavy atom. The summed E-state index contributed by atoms with van der Waals surface area (Å²) in [5, 5.41) is 0. The summed E-state index contributed by atoms with van der Waals surface area (Å²) in [6.45, 7) is 7.06. The van der Waals surface area contributed by atoms with Gasteiger partial charge >= 0.3 is 0 Å². The van der Waals surface area contributed by atoms with Gasteiger partial charge in [0.25, 0.3) is 0 Å². The number of hydrogen-bond acceptors (Lipinski definition) is 2. The van der Waals surface area contributed by atoms with Gasteiger partial charge in [0.05, 0.1) is 11.4 Å². The van der Waals surface area contributed by atoms with Crippen LogP contribution in [0, 0.1) is 0 Å². The van der Waals surface area contributed by atoms with Crippen LogP contribution in [-0.2, 0) is 0 Å². The van der Waals surface area contributed by atoms with E-state index in [1.54, 1.807) is 0 Å². The molecule has 0 heterocycles. The first kappa shape index (κ1) is 13.3. The molecule has 0 spiro atoms. The van der Waals surface area contributed by atoms with Crippen molar-refractivity contribution in [3.63, 3.8) is 0 Å². The van der Waals surface area contributed by atoms with Crippen LogP contribution in [0.15, 0.2) is 22.7 Å². The van der Waals surface area contributed by atoms with Gasteiger partial charge in [0.2, 0.25) is 0 Å². The highest BCUT2D eigenvalue weighted by atomic mass is 79.9. The zero-order chi connectivity index (χ0) is 11.1. The van der Waals surface area contributed by atoms with Crippen molar-refractivity contribution in [1.29, 1.82) is 0 Å². The maximum absolute atomic E-state index is 5.80. The van der Waals surface area contributed by atoms with Crippen LogP contribution in [0.25, 0.3) is 0 Å². The summed E-state index contributed by atoms with van der Waals surface area (Å²) in [6, 6.07) is 5.88. The number of rotatable bonds is 2. The summed E-state index contributed by atoms with van der Waals surface area (Å²) in [6.07, 6.45) is 0. The van der Waals surface area contributed by atoms with Crippen LogP contribution in [0.2, 0.25) is 0 Å². The molecular formula is C11H19BrN2. The molecule has 2 N–H and O–H groups in total. The normalized spacial score (nSPS) is 8.93. The molecule has 0 bridgehead atoms. The molecule has 0 unspecified atom stereocenters. The summed E-state index contributed by atoms with van der Waals surface area (Å²) in [5.41, 5.74) is 7.70. The van der Waals surface area contributed by atoms with Gasteiger partial charge in [-0.25, -0.2) is 0 Å². The molecule has 0 amide bonds. The average molecular weight is 259 g/mol. The molecule has 0 aliphatic heterocycles. The molecular weight excluding hydrogens is 240 g/mol. The Kier molecular flexibility index (Phi) is 6.37. The molecule has 0 atom stereocenters. The smallest absolute Gasteiger partial charge is 0.0608 e. The molecule has 1 rings (SSSR count). The molecule has 0 radical (unpaired) electrons. The van der Waals surface area contributed by atoms with Crippen LogP contribution in [0.3, 0.4) is 0 Å².